The Balaban J connectivity index is 0.00000109. The fourth-order valence-corrected chi connectivity index (χ4v) is 3.30. The lowest BCUT2D eigenvalue weighted by atomic mass is 9.77. The normalized spacial score (nSPS) is 17.7. The molecule has 2 aromatic heterocycles. The van der Waals surface area contributed by atoms with Crippen LogP contribution in [0.1, 0.15) is 52.9 Å². The summed E-state index contributed by atoms with van der Waals surface area (Å²) in [6.45, 7) is 16.1. The van der Waals surface area contributed by atoms with Crippen molar-refractivity contribution in [2.45, 2.75) is 66.6 Å². The highest BCUT2D eigenvalue weighted by atomic mass is 35.5. The van der Waals surface area contributed by atoms with Gasteiger partial charge in [-0.2, -0.15) is 0 Å². The molecule has 4 rings (SSSR count). The van der Waals surface area contributed by atoms with Gasteiger partial charge in [0.2, 0.25) is 0 Å². The van der Waals surface area contributed by atoms with Gasteiger partial charge in [-0.1, -0.05) is 31.5 Å². The van der Waals surface area contributed by atoms with Gasteiger partial charge in [0.05, 0.1) is 33.6 Å². The number of rotatable bonds is 1. The number of pyridine rings is 1. The molecule has 0 amide bonds. The molecular weight excluding hydrogens is 373 g/mol. The van der Waals surface area contributed by atoms with Crippen molar-refractivity contribution in [1.82, 2.24) is 15.0 Å². The smallest absolute Gasteiger partial charge is 0.399 e. The van der Waals surface area contributed by atoms with E-state index in [0.29, 0.717) is 5.15 Å². The molecule has 0 N–H and O–H groups in total. The summed E-state index contributed by atoms with van der Waals surface area (Å²) >= 11 is 6.12. The van der Waals surface area contributed by atoms with Crippen LogP contribution in [0.25, 0.3) is 21.8 Å². The maximum Gasteiger partial charge on any atom is 0.497 e. The van der Waals surface area contributed by atoms with Crippen LogP contribution in [0.2, 0.25) is 5.15 Å². The third-order valence-electron chi connectivity index (χ3n) is 5.56. The molecule has 0 radical (unpaired) electrons. The van der Waals surface area contributed by atoms with E-state index in [0.717, 1.165) is 38.7 Å². The molecule has 1 aliphatic rings. The maximum atomic E-state index is 6.26. The van der Waals surface area contributed by atoms with E-state index in [9.17, 15) is 0 Å². The third kappa shape index (κ3) is 3.38. The first kappa shape index (κ1) is 21.0. The summed E-state index contributed by atoms with van der Waals surface area (Å²) in [7, 11) is -0.515. The molecule has 0 bridgehead atoms. The Morgan fingerprint density at radius 3 is 2.00 bits per heavy atom. The number of halogens is 1. The molecule has 0 unspecified atom stereocenters. The minimum absolute atomic E-state index is 0.426. The monoisotopic (exact) mass is 399 g/mol. The molecule has 148 valence electrons. The van der Waals surface area contributed by atoms with E-state index in [1.807, 2.05) is 67.5 Å². The van der Waals surface area contributed by atoms with E-state index in [-0.39, 0.29) is 0 Å². The standard InChI is InChI=1S/C19H21BClN3O2.C2H6/c1-10-11(2)24-17-14(20-25-18(3,4)19(5,6)26-20)7-12-9-22-15(21)8-13(12)16(17)23-10;1-2/h7-9H,1-6H3;1-2H3. The molecule has 1 saturated heterocycles. The molecule has 0 spiro atoms. The Kier molecular flexibility index (Phi) is 5.43. The van der Waals surface area contributed by atoms with Crippen LogP contribution in [0.3, 0.4) is 0 Å². The highest BCUT2D eigenvalue weighted by molar-refractivity contribution is 6.65. The van der Waals surface area contributed by atoms with E-state index in [4.69, 9.17) is 30.9 Å². The quantitative estimate of drug-likeness (QED) is 0.335. The second-order valence-corrected chi connectivity index (χ2v) is 8.26. The molecule has 3 aromatic rings. The van der Waals surface area contributed by atoms with Gasteiger partial charge < -0.3 is 9.31 Å². The SMILES string of the molecule is CC.Cc1nc2c(B3OC(C)(C)C(C)(C)O3)cc3cnc(Cl)cc3c2nc1C. The van der Waals surface area contributed by atoms with Crippen molar-refractivity contribution in [2.75, 3.05) is 0 Å². The molecule has 0 aliphatic carbocycles. The highest BCUT2D eigenvalue weighted by Gasteiger charge is 2.52. The Morgan fingerprint density at radius 2 is 1.43 bits per heavy atom. The molecule has 3 heterocycles. The lowest BCUT2D eigenvalue weighted by molar-refractivity contribution is 0.00578. The Hall–Kier alpha value is -1.76. The predicted octanol–water partition coefficient (Wildman–Crippen LogP) is 4.77. The largest absolute Gasteiger partial charge is 0.497 e. The fraction of sp³-hybridized carbons (Fsp3) is 0.476. The summed E-state index contributed by atoms with van der Waals surface area (Å²) in [6.07, 6.45) is 1.75. The number of benzene rings is 1. The van der Waals surface area contributed by atoms with Gasteiger partial charge in [-0.25, -0.2) is 15.0 Å². The van der Waals surface area contributed by atoms with Crippen LogP contribution in [0.15, 0.2) is 18.3 Å². The highest BCUT2D eigenvalue weighted by Crippen LogP contribution is 2.37. The van der Waals surface area contributed by atoms with Gasteiger partial charge in [-0.15, -0.1) is 0 Å². The van der Waals surface area contributed by atoms with Crippen molar-refractivity contribution in [1.29, 1.82) is 0 Å². The van der Waals surface area contributed by atoms with E-state index in [1.54, 1.807) is 6.20 Å². The number of aryl methyl sites for hydroxylation is 2. The van der Waals surface area contributed by atoms with Crippen LogP contribution >= 0.6 is 11.6 Å². The van der Waals surface area contributed by atoms with Gasteiger partial charge >= 0.3 is 7.12 Å². The van der Waals surface area contributed by atoms with Gasteiger partial charge in [0, 0.05) is 22.4 Å². The maximum absolute atomic E-state index is 6.26. The molecule has 0 saturated carbocycles. The zero-order valence-electron chi connectivity index (χ0n) is 17.8. The second-order valence-electron chi connectivity index (χ2n) is 7.87. The van der Waals surface area contributed by atoms with Crippen molar-refractivity contribution in [2.24, 2.45) is 0 Å². The number of hydrogen-bond acceptors (Lipinski definition) is 5. The Morgan fingerprint density at radius 1 is 0.893 bits per heavy atom. The molecule has 1 aromatic carbocycles. The van der Waals surface area contributed by atoms with Crippen LogP contribution < -0.4 is 5.46 Å². The van der Waals surface area contributed by atoms with E-state index >= 15 is 0 Å². The molecule has 0 atom stereocenters. The third-order valence-corrected chi connectivity index (χ3v) is 5.76. The molecular formula is C21H27BClN3O2. The minimum atomic E-state index is -0.515. The molecule has 7 heteroatoms. The zero-order valence-corrected chi connectivity index (χ0v) is 18.6. The lowest BCUT2D eigenvalue weighted by Crippen LogP contribution is -2.41. The first-order valence-electron chi connectivity index (χ1n) is 9.68. The zero-order chi connectivity index (χ0) is 20.9. The number of aromatic nitrogens is 3. The average molecular weight is 400 g/mol. The first-order chi connectivity index (χ1) is 13.1. The van der Waals surface area contributed by atoms with E-state index in [2.05, 4.69) is 4.98 Å². The van der Waals surface area contributed by atoms with Crippen molar-refractivity contribution in [3.05, 3.63) is 34.9 Å². The van der Waals surface area contributed by atoms with Crippen LogP contribution in [0.4, 0.5) is 0 Å². The summed E-state index contributed by atoms with van der Waals surface area (Å²) < 4.78 is 12.5. The Bertz CT molecular complexity index is 1040. The number of fused-ring (bicyclic) bond motifs is 3. The number of nitrogens with zero attached hydrogens (tertiary/aromatic N) is 3. The van der Waals surface area contributed by atoms with Gasteiger partial charge in [0.25, 0.3) is 0 Å². The molecule has 5 nitrogen and oxygen atoms in total. The Labute approximate surface area is 172 Å². The van der Waals surface area contributed by atoms with E-state index < -0.39 is 18.3 Å². The summed E-state index contributed by atoms with van der Waals surface area (Å²) in [5.41, 5.74) is 3.36. The second kappa shape index (κ2) is 7.25. The van der Waals surface area contributed by atoms with E-state index in [1.165, 1.54) is 0 Å². The number of hydrogen-bond donors (Lipinski definition) is 0. The summed E-state index contributed by atoms with van der Waals surface area (Å²) in [6, 6.07) is 3.85. The van der Waals surface area contributed by atoms with Crippen molar-refractivity contribution in [3.8, 4) is 0 Å². The fourth-order valence-electron chi connectivity index (χ4n) is 3.14. The lowest BCUT2D eigenvalue weighted by Gasteiger charge is -2.32. The predicted molar refractivity (Wildman–Crippen MR) is 116 cm³/mol. The summed E-state index contributed by atoms with van der Waals surface area (Å²) in [4.78, 5) is 13.8. The van der Waals surface area contributed by atoms with Gasteiger partial charge in [-0.3, -0.25) is 0 Å². The van der Waals surface area contributed by atoms with Crippen LogP contribution in [0.5, 0.6) is 0 Å². The van der Waals surface area contributed by atoms with Gasteiger partial charge in [-0.05, 0) is 47.6 Å². The minimum Gasteiger partial charge on any atom is -0.399 e. The van der Waals surface area contributed by atoms with Crippen LogP contribution in [0, 0.1) is 13.8 Å². The van der Waals surface area contributed by atoms with Crippen molar-refractivity contribution in [3.63, 3.8) is 0 Å². The average Bonchev–Trinajstić information content (AvgIpc) is 2.85. The molecule has 28 heavy (non-hydrogen) atoms. The summed E-state index contributed by atoms with van der Waals surface area (Å²) in [5.74, 6) is 0. The van der Waals surface area contributed by atoms with Crippen LogP contribution in [-0.2, 0) is 9.31 Å². The molecule has 1 fully saturated rings. The van der Waals surface area contributed by atoms with Gasteiger partial charge in [0.15, 0.2) is 0 Å². The molecule has 1 aliphatic heterocycles. The van der Waals surface area contributed by atoms with Gasteiger partial charge in [0.1, 0.15) is 5.15 Å². The topological polar surface area (TPSA) is 57.1 Å². The van der Waals surface area contributed by atoms with Crippen LogP contribution in [-0.4, -0.2) is 33.3 Å². The first-order valence-corrected chi connectivity index (χ1v) is 10.1. The van der Waals surface area contributed by atoms with Crippen molar-refractivity contribution < 1.29 is 9.31 Å². The van der Waals surface area contributed by atoms with Crippen molar-refractivity contribution >= 4 is 46.0 Å². The summed E-state index contributed by atoms with van der Waals surface area (Å²) in [5, 5.41) is 2.29.